The number of hydrogen-bond acceptors (Lipinski definition) is 3. The molecule has 0 aromatic carbocycles. The van der Waals surface area contributed by atoms with E-state index >= 15 is 0 Å². The lowest BCUT2D eigenvalue weighted by molar-refractivity contribution is 0.547. The van der Waals surface area contributed by atoms with Gasteiger partial charge in [0, 0.05) is 0 Å². The first-order chi connectivity index (χ1) is 3.79. The summed E-state index contributed by atoms with van der Waals surface area (Å²) < 4.78 is 12.0. The van der Waals surface area contributed by atoms with Crippen LogP contribution < -0.4 is 0 Å². The van der Waals surface area contributed by atoms with Gasteiger partial charge in [0.25, 0.3) is 5.95 Å². The van der Waals surface area contributed by atoms with Crippen LogP contribution in [0.15, 0.2) is 4.73 Å². The smallest absolute Gasteiger partial charge is 0.214 e. The number of nitrogens with zero attached hydrogens (tertiary/aromatic N) is 3. The second kappa shape index (κ2) is 2.13. The third-order valence-electron chi connectivity index (χ3n) is 0.461. The third kappa shape index (κ3) is 1.19. The molecule has 0 spiro atoms. The SMILES string of the molecule is Fc1[c]nc(Br)nn1. The molecule has 0 aliphatic carbocycles. The molecule has 0 bridgehead atoms. The fourth-order valence-electron chi connectivity index (χ4n) is 0.222. The molecular formula is C3BrFN3. The Morgan fingerprint density at radius 2 is 2.25 bits per heavy atom. The normalized spacial score (nSPS) is 9.25. The summed E-state index contributed by atoms with van der Waals surface area (Å²) in [6, 6.07) is 0. The van der Waals surface area contributed by atoms with Gasteiger partial charge in [-0.25, -0.2) is 4.98 Å². The maximum absolute atomic E-state index is 11.8. The van der Waals surface area contributed by atoms with Crippen molar-refractivity contribution >= 4 is 15.9 Å². The Morgan fingerprint density at radius 1 is 1.50 bits per heavy atom. The molecule has 8 heavy (non-hydrogen) atoms. The van der Waals surface area contributed by atoms with E-state index in [9.17, 15) is 4.39 Å². The largest absolute Gasteiger partial charge is 0.261 e. The Morgan fingerprint density at radius 3 is 2.62 bits per heavy atom. The molecule has 0 aliphatic heterocycles. The molecule has 1 heterocycles. The number of hydrogen-bond donors (Lipinski definition) is 0. The summed E-state index contributed by atoms with van der Waals surface area (Å²) in [6.45, 7) is 0. The summed E-state index contributed by atoms with van der Waals surface area (Å²) in [5, 5.41) is 6.23. The van der Waals surface area contributed by atoms with E-state index in [1.165, 1.54) is 0 Å². The Balaban J connectivity index is 3.03. The van der Waals surface area contributed by atoms with E-state index in [2.05, 4.69) is 31.1 Å². The number of halogens is 2. The average Bonchev–Trinajstić information content (AvgIpc) is 1.77. The molecule has 0 unspecified atom stereocenters. The Bertz CT molecular complexity index is 153. The van der Waals surface area contributed by atoms with Crippen molar-refractivity contribution in [1.29, 1.82) is 0 Å². The second-order valence-corrected chi connectivity index (χ2v) is 1.69. The van der Waals surface area contributed by atoms with Gasteiger partial charge < -0.3 is 0 Å². The van der Waals surface area contributed by atoms with E-state index in [1.54, 1.807) is 0 Å². The van der Waals surface area contributed by atoms with Gasteiger partial charge in [0.05, 0.1) is 0 Å². The first-order valence-electron chi connectivity index (χ1n) is 1.72. The predicted octanol–water partition coefficient (Wildman–Crippen LogP) is 0.573. The quantitative estimate of drug-likeness (QED) is 0.581. The summed E-state index contributed by atoms with van der Waals surface area (Å²) in [5.74, 6) is -0.798. The molecule has 0 saturated carbocycles. The minimum atomic E-state index is -0.798. The zero-order valence-electron chi connectivity index (χ0n) is 3.60. The first kappa shape index (κ1) is 5.55. The third-order valence-corrected chi connectivity index (χ3v) is 0.797. The van der Waals surface area contributed by atoms with Crippen molar-refractivity contribution in [2.75, 3.05) is 0 Å². The molecule has 0 amide bonds. The van der Waals surface area contributed by atoms with E-state index in [-0.39, 0.29) is 4.73 Å². The zero-order valence-corrected chi connectivity index (χ0v) is 5.18. The molecule has 3 nitrogen and oxygen atoms in total. The Labute approximate surface area is 53.1 Å². The second-order valence-electron chi connectivity index (χ2n) is 0.983. The molecule has 1 radical (unpaired) electrons. The van der Waals surface area contributed by atoms with Gasteiger partial charge in [-0.2, -0.15) is 4.39 Å². The molecule has 41 valence electrons. The maximum Gasteiger partial charge on any atom is 0.261 e. The molecule has 0 fully saturated rings. The van der Waals surface area contributed by atoms with Gasteiger partial charge in [-0.3, -0.25) is 0 Å². The molecule has 0 aliphatic rings. The minimum absolute atomic E-state index is 0.235. The molecule has 0 atom stereocenters. The van der Waals surface area contributed by atoms with E-state index in [1.807, 2.05) is 6.20 Å². The van der Waals surface area contributed by atoms with Crippen molar-refractivity contribution in [3.05, 3.63) is 16.9 Å². The Kier molecular flexibility index (Phi) is 1.48. The summed E-state index contributed by atoms with van der Waals surface area (Å²) >= 11 is 2.86. The van der Waals surface area contributed by atoms with Crippen molar-refractivity contribution in [1.82, 2.24) is 15.2 Å². The van der Waals surface area contributed by atoms with Gasteiger partial charge in [-0.1, -0.05) is 0 Å². The van der Waals surface area contributed by atoms with Gasteiger partial charge in [0.2, 0.25) is 4.73 Å². The lowest BCUT2D eigenvalue weighted by Gasteiger charge is -1.81. The standard InChI is InChI=1S/C3BrFN3/c4-3-6-1-2(5)7-8-3. The van der Waals surface area contributed by atoms with Crippen LogP contribution >= 0.6 is 15.9 Å². The van der Waals surface area contributed by atoms with Crippen LogP contribution in [0.2, 0.25) is 0 Å². The van der Waals surface area contributed by atoms with Crippen molar-refractivity contribution < 1.29 is 4.39 Å². The highest BCUT2D eigenvalue weighted by Gasteiger charge is 1.91. The summed E-state index contributed by atoms with van der Waals surface area (Å²) in [5.41, 5.74) is 0. The van der Waals surface area contributed by atoms with Crippen LogP contribution in [0.3, 0.4) is 0 Å². The van der Waals surface area contributed by atoms with Gasteiger partial charge in [-0.15, -0.1) is 10.2 Å². The van der Waals surface area contributed by atoms with Crippen molar-refractivity contribution in [2.45, 2.75) is 0 Å². The minimum Gasteiger partial charge on any atom is -0.214 e. The van der Waals surface area contributed by atoms with Crippen molar-refractivity contribution in [2.24, 2.45) is 0 Å². The molecule has 1 rings (SSSR count). The lowest BCUT2D eigenvalue weighted by atomic mass is 10.9. The monoisotopic (exact) mass is 176 g/mol. The van der Waals surface area contributed by atoms with E-state index in [0.29, 0.717) is 0 Å². The molecule has 1 aromatic heterocycles. The highest BCUT2D eigenvalue weighted by molar-refractivity contribution is 9.10. The maximum atomic E-state index is 11.8. The van der Waals surface area contributed by atoms with Crippen molar-refractivity contribution in [3.8, 4) is 0 Å². The van der Waals surface area contributed by atoms with Crippen LogP contribution in [-0.2, 0) is 0 Å². The van der Waals surface area contributed by atoms with Gasteiger partial charge in [0.15, 0.2) is 6.20 Å². The fourth-order valence-corrected chi connectivity index (χ4v) is 0.390. The van der Waals surface area contributed by atoms with E-state index < -0.39 is 5.95 Å². The van der Waals surface area contributed by atoms with Crippen LogP contribution in [-0.4, -0.2) is 15.2 Å². The van der Waals surface area contributed by atoms with Crippen LogP contribution in [0.1, 0.15) is 0 Å². The summed E-state index contributed by atoms with van der Waals surface area (Å²) in [7, 11) is 0. The highest BCUT2D eigenvalue weighted by Crippen LogP contribution is 1.95. The highest BCUT2D eigenvalue weighted by atomic mass is 79.9. The number of rotatable bonds is 0. The topological polar surface area (TPSA) is 38.7 Å². The molecule has 0 N–H and O–H groups in total. The zero-order chi connectivity index (χ0) is 5.98. The van der Waals surface area contributed by atoms with Gasteiger partial charge >= 0.3 is 0 Å². The van der Waals surface area contributed by atoms with E-state index in [0.717, 1.165) is 0 Å². The predicted molar refractivity (Wildman–Crippen MR) is 26.3 cm³/mol. The molecule has 0 saturated heterocycles. The van der Waals surface area contributed by atoms with E-state index in [4.69, 9.17) is 0 Å². The van der Waals surface area contributed by atoms with Crippen LogP contribution in [0.4, 0.5) is 4.39 Å². The van der Waals surface area contributed by atoms with Gasteiger partial charge in [-0.05, 0) is 15.9 Å². The average molecular weight is 177 g/mol. The molecule has 5 heteroatoms. The fraction of sp³-hybridized carbons (Fsp3) is 0. The number of aromatic nitrogens is 3. The lowest BCUT2D eigenvalue weighted by Crippen LogP contribution is -1.89. The van der Waals surface area contributed by atoms with Gasteiger partial charge in [0.1, 0.15) is 0 Å². The molecule has 1 aromatic rings. The van der Waals surface area contributed by atoms with Crippen LogP contribution in [0.25, 0.3) is 0 Å². The summed E-state index contributed by atoms with van der Waals surface area (Å²) in [4.78, 5) is 3.32. The summed E-state index contributed by atoms with van der Waals surface area (Å²) in [6.07, 6.45) is 1.96. The Hall–Kier alpha value is -0.580. The van der Waals surface area contributed by atoms with Crippen molar-refractivity contribution in [3.63, 3.8) is 0 Å². The van der Waals surface area contributed by atoms with Crippen LogP contribution in [0.5, 0.6) is 0 Å². The molecular weight excluding hydrogens is 177 g/mol. The first-order valence-corrected chi connectivity index (χ1v) is 2.52. The van der Waals surface area contributed by atoms with Crippen LogP contribution in [0, 0.1) is 12.1 Å².